The van der Waals surface area contributed by atoms with Crippen molar-refractivity contribution in [3.05, 3.63) is 48.0 Å². The molecule has 0 spiro atoms. The van der Waals surface area contributed by atoms with E-state index in [-0.39, 0.29) is 17.9 Å². The first-order valence-corrected chi connectivity index (χ1v) is 8.39. The summed E-state index contributed by atoms with van der Waals surface area (Å²) < 4.78 is 0. The van der Waals surface area contributed by atoms with Crippen molar-refractivity contribution in [1.29, 1.82) is 5.26 Å². The SMILES string of the molecule is N#C[C@@H]1CN(C(=O)[C@H]2CC=CCC2)CCN1Cc1ccccc1. The molecule has 2 atom stereocenters. The third-order valence-corrected chi connectivity index (χ3v) is 4.80. The zero-order chi connectivity index (χ0) is 16.1. The van der Waals surface area contributed by atoms with Gasteiger partial charge in [0.15, 0.2) is 0 Å². The van der Waals surface area contributed by atoms with Crippen LogP contribution >= 0.6 is 0 Å². The van der Waals surface area contributed by atoms with Crippen LogP contribution in [0.25, 0.3) is 0 Å². The molecule has 1 amide bonds. The van der Waals surface area contributed by atoms with Crippen molar-refractivity contribution in [2.24, 2.45) is 5.92 Å². The Labute approximate surface area is 138 Å². The van der Waals surface area contributed by atoms with Crippen molar-refractivity contribution in [2.75, 3.05) is 19.6 Å². The lowest BCUT2D eigenvalue weighted by molar-refractivity contribution is -0.138. The highest BCUT2D eigenvalue weighted by molar-refractivity contribution is 5.79. The largest absolute Gasteiger partial charge is 0.339 e. The maximum absolute atomic E-state index is 12.6. The van der Waals surface area contributed by atoms with Crippen molar-refractivity contribution in [2.45, 2.75) is 31.8 Å². The number of rotatable bonds is 3. The minimum Gasteiger partial charge on any atom is -0.339 e. The van der Waals surface area contributed by atoms with Gasteiger partial charge in [0, 0.05) is 32.1 Å². The number of carbonyl (C=O) groups excluding carboxylic acids is 1. The average Bonchev–Trinajstić information content (AvgIpc) is 2.63. The summed E-state index contributed by atoms with van der Waals surface area (Å²) in [6, 6.07) is 12.4. The first-order chi connectivity index (χ1) is 11.3. The van der Waals surface area contributed by atoms with Crippen LogP contribution in [-0.2, 0) is 11.3 Å². The highest BCUT2D eigenvalue weighted by Crippen LogP contribution is 2.23. The normalized spacial score (nSPS) is 25.1. The Morgan fingerprint density at radius 3 is 2.74 bits per heavy atom. The molecule has 1 aromatic carbocycles. The number of amides is 1. The Bertz CT molecular complexity index is 605. The van der Waals surface area contributed by atoms with Gasteiger partial charge in [0.25, 0.3) is 0 Å². The van der Waals surface area contributed by atoms with Crippen LogP contribution in [0.5, 0.6) is 0 Å². The van der Waals surface area contributed by atoms with Gasteiger partial charge in [0.2, 0.25) is 5.91 Å². The van der Waals surface area contributed by atoms with E-state index in [1.807, 2.05) is 23.1 Å². The second kappa shape index (κ2) is 7.43. The smallest absolute Gasteiger partial charge is 0.226 e. The van der Waals surface area contributed by atoms with Crippen LogP contribution in [0.2, 0.25) is 0 Å². The molecule has 1 heterocycles. The second-order valence-corrected chi connectivity index (χ2v) is 6.37. The minimum absolute atomic E-state index is 0.111. The van der Waals surface area contributed by atoms with E-state index in [1.54, 1.807) is 0 Å². The van der Waals surface area contributed by atoms with E-state index in [1.165, 1.54) is 5.56 Å². The highest BCUT2D eigenvalue weighted by atomic mass is 16.2. The Hall–Kier alpha value is -2.12. The third-order valence-electron chi connectivity index (χ3n) is 4.80. The van der Waals surface area contributed by atoms with Gasteiger partial charge in [-0.3, -0.25) is 9.69 Å². The molecular formula is C19H23N3O. The van der Waals surface area contributed by atoms with Crippen LogP contribution in [0.15, 0.2) is 42.5 Å². The fourth-order valence-electron chi connectivity index (χ4n) is 3.43. The van der Waals surface area contributed by atoms with Crippen molar-refractivity contribution < 1.29 is 4.79 Å². The number of hydrogen-bond donors (Lipinski definition) is 0. The first kappa shape index (κ1) is 15.8. The summed E-state index contributed by atoms with van der Waals surface area (Å²) in [5, 5.41) is 9.51. The lowest BCUT2D eigenvalue weighted by Gasteiger charge is -2.39. The van der Waals surface area contributed by atoms with Gasteiger partial charge in [-0.1, -0.05) is 42.5 Å². The summed E-state index contributed by atoms with van der Waals surface area (Å²) in [6.07, 6.45) is 7.04. The van der Waals surface area contributed by atoms with E-state index in [0.717, 1.165) is 38.9 Å². The van der Waals surface area contributed by atoms with Gasteiger partial charge in [0.1, 0.15) is 6.04 Å². The minimum atomic E-state index is -0.216. The van der Waals surface area contributed by atoms with Crippen LogP contribution in [0.1, 0.15) is 24.8 Å². The summed E-state index contributed by atoms with van der Waals surface area (Å²) in [7, 11) is 0. The van der Waals surface area contributed by atoms with Crippen LogP contribution in [0.3, 0.4) is 0 Å². The summed E-state index contributed by atoms with van der Waals surface area (Å²) >= 11 is 0. The van der Waals surface area contributed by atoms with Crippen LogP contribution < -0.4 is 0 Å². The van der Waals surface area contributed by atoms with Crippen molar-refractivity contribution in [3.63, 3.8) is 0 Å². The van der Waals surface area contributed by atoms with Gasteiger partial charge in [0.05, 0.1) is 6.07 Å². The van der Waals surface area contributed by atoms with E-state index in [4.69, 9.17) is 0 Å². The van der Waals surface area contributed by atoms with Crippen LogP contribution in [0.4, 0.5) is 0 Å². The molecule has 0 radical (unpaired) electrons. The molecule has 0 bridgehead atoms. The monoisotopic (exact) mass is 309 g/mol. The van der Waals surface area contributed by atoms with Gasteiger partial charge >= 0.3 is 0 Å². The van der Waals surface area contributed by atoms with Gasteiger partial charge in [-0.15, -0.1) is 0 Å². The number of nitrogens with zero attached hydrogens (tertiary/aromatic N) is 3. The number of nitriles is 1. The highest BCUT2D eigenvalue weighted by Gasteiger charge is 2.32. The molecule has 1 aromatic rings. The fraction of sp³-hybridized carbons (Fsp3) is 0.474. The summed E-state index contributed by atoms with van der Waals surface area (Å²) in [5.41, 5.74) is 1.21. The Balaban J connectivity index is 1.61. The molecule has 1 aliphatic carbocycles. The lowest BCUT2D eigenvalue weighted by atomic mass is 9.92. The molecule has 4 heteroatoms. The standard InChI is InChI=1S/C19H23N3O/c20-13-18-15-22(19(23)17-9-5-2-6-10-17)12-11-21(18)14-16-7-3-1-4-8-16/h1-5,7-8,17-18H,6,9-12,14-15H2/t17-,18+/m0/s1. The van der Waals surface area contributed by atoms with E-state index in [9.17, 15) is 10.1 Å². The number of carbonyl (C=O) groups is 1. The summed E-state index contributed by atoms with van der Waals surface area (Å²) in [4.78, 5) is 16.7. The summed E-state index contributed by atoms with van der Waals surface area (Å²) in [5.74, 6) is 0.342. The molecular weight excluding hydrogens is 286 g/mol. The maximum atomic E-state index is 12.6. The number of piperazine rings is 1. The van der Waals surface area contributed by atoms with Crippen LogP contribution in [-0.4, -0.2) is 41.4 Å². The lowest BCUT2D eigenvalue weighted by Crippen LogP contribution is -2.55. The third kappa shape index (κ3) is 3.80. The summed E-state index contributed by atoms with van der Waals surface area (Å²) in [6.45, 7) is 2.79. The van der Waals surface area contributed by atoms with Crippen molar-refractivity contribution in [1.82, 2.24) is 9.80 Å². The van der Waals surface area contributed by atoms with E-state index in [2.05, 4.69) is 35.3 Å². The molecule has 2 aliphatic rings. The Kier molecular flexibility index (Phi) is 5.09. The van der Waals surface area contributed by atoms with Crippen molar-refractivity contribution in [3.8, 4) is 6.07 Å². The predicted molar refractivity (Wildman–Crippen MR) is 89.3 cm³/mol. The van der Waals surface area contributed by atoms with Crippen LogP contribution in [0, 0.1) is 17.2 Å². The molecule has 0 saturated carbocycles. The number of benzene rings is 1. The molecule has 1 saturated heterocycles. The quantitative estimate of drug-likeness (QED) is 0.806. The Morgan fingerprint density at radius 2 is 2.04 bits per heavy atom. The molecule has 4 nitrogen and oxygen atoms in total. The van der Waals surface area contributed by atoms with E-state index in [0.29, 0.717) is 6.54 Å². The van der Waals surface area contributed by atoms with Crippen molar-refractivity contribution >= 4 is 5.91 Å². The topological polar surface area (TPSA) is 47.3 Å². The molecule has 3 rings (SSSR count). The molecule has 1 fully saturated rings. The molecule has 0 aromatic heterocycles. The molecule has 0 unspecified atom stereocenters. The average molecular weight is 309 g/mol. The van der Waals surface area contributed by atoms with Gasteiger partial charge < -0.3 is 4.90 Å². The number of allylic oxidation sites excluding steroid dienone is 2. The maximum Gasteiger partial charge on any atom is 0.226 e. The Morgan fingerprint density at radius 1 is 1.22 bits per heavy atom. The second-order valence-electron chi connectivity index (χ2n) is 6.37. The predicted octanol–water partition coefficient (Wildman–Crippen LogP) is 2.58. The molecule has 1 aliphatic heterocycles. The zero-order valence-electron chi connectivity index (χ0n) is 13.4. The van der Waals surface area contributed by atoms with Gasteiger partial charge in [-0.05, 0) is 24.8 Å². The zero-order valence-corrected chi connectivity index (χ0v) is 13.4. The first-order valence-electron chi connectivity index (χ1n) is 8.39. The van der Waals surface area contributed by atoms with Gasteiger partial charge in [-0.25, -0.2) is 0 Å². The van der Waals surface area contributed by atoms with Gasteiger partial charge in [-0.2, -0.15) is 5.26 Å². The van der Waals surface area contributed by atoms with E-state index >= 15 is 0 Å². The molecule has 0 N–H and O–H groups in total. The molecule has 23 heavy (non-hydrogen) atoms. The fourth-order valence-corrected chi connectivity index (χ4v) is 3.43. The van der Waals surface area contributed by atoms with E-state index < -0.39 is 0 Å². The molecule has 120 valence electrons. The number of hydrogen-bond acceptors (Lipinski definition) is 3.